The van der Waals surface area contributed by atoms with Crippen molar-refractivity contribution in [2.75, 3.05) is 13.2 Å². The van der Waals surface area contributed by atoms with Gasteiger partial charge in [0.05, 0.1) is 0 Å². The highest BCUT2D eigenvalue weighted by atomic mass is 16.6. The first kappa shape index (κ1) is 66.6. The number of esters is 3. The van der Waals surface area contributed by atoms with Gasteiger partial charge >= 0.3 is 17.9 Å². The van der Waals surface area contributed by atoms with Gasteiger partial charge < -0.3 is 14.2 Å². The van der Waals surface area contributed by atoms with Crippen LogP contribution in [0.25, 0.3) is 0 Å². The van der Waals surface area contributed by atoms with Crippen molar-refractivity contribution in [2.24, 2.45) is 0 Å². The molecule has 0 aromatic carbocycles. The maximum Gasteiger partial charge on any atom is 0.306 e. The lowest BCUT2D eigenvalue weighted by Crippen LogP contribution is -2.30. The molecule has 0 aromatic heterocycles. The predicted octanol–water partition coefficient (Wildman–Crippen LogP) is 20.4. The lowest BCUT2D eigenvalue weighted by atomic mass is 10.0. The zero-order valence-corrected chi connectivity index (χ0v) is 46.3. The summed E-state index contributed by atoms with van der Waals surface area (Å²) < 4.78 is 16.9. The highest BCUT2D eigenvalue weighted by Gasteiger charge is 2.19. The second-order valence-electron chi connectivity index (χ2n) is 20.6. The fourth-order valence-electron chi connectivity index (χ4n) is 9.11. The van der Waals surface area contributed by atoms with Crippen molar-refractivity contribution in [1.29, 1.82) is 0 Å². The number of allylic oxidation sites excluding steroid dienone is 6. The fraction of sp³-hybridized carbons (Fsp3) is 0.857. The second-order valence-corrected chi connectivity index (χ2v) is 20.6. The number of carbonyl (C=O) groups is 3. The Kier molecular flexibility index (Phi) is 56.2. The van der Waals surface area contributed by atoms with Crippen LogP contribution in [0.2, 0.25) is 0 Å². The van der Waals surface area contributed by atoms with E-state index in [1.54, 1.807) is 0 Å². The van der Waals surface area contributed by atoms with Gasteiger partial charge in [-0.2, -0.15) is 0 Å². The van der Waals surface area contributed by atoms with Crippen LogP contribution < -0.4 is 0 Å². The van der Waals surface area contributed by atoms with Gasteiger partial charge in [0.15, 0.2) is 6.10 Å². The Balaban J connectivity index is 4.31. The van der Waals surface area contributed by atoms with Crippen molar-refractivity contribution in [3.8, 4) is 0 Å². The molecule has 0 saturated carbocycles. The van der Waals surface area contributed by atoms with Crippen molar-refractivity contribution in [3.05, 3.63) is 36.5 Å². The van der Waals surface area contributed by atoms with E-state index < -0.39 is 6.10 Å². The number of hydrogen-bond donors (Lipinski definition) is 0. The average molecular weight is 970 g/mol. The molecule has 69 heavy (non-hydrogen) atoms. The quantitative estimate of drug-likeness (QED) is 0.0261. The monoisotopic (exact) mass is 969 g/mol. The van der Waals surface area contributed by atoms with Crippen LogP contribution in [0.4, 0.5) is 0 Å². The van der Waals surface area contributed by atoms with Crippen LogP contribution >= 0.6 is 0 Å². The highest BCUT2D eigenvalue weighted by molar-refractivity contribution is 5.71. The van der Waals surface area contributed by atoms with Crippen molar-refractivity contribution in [3.63, 3.8) is 0 Å². The number of ether oxygens (including phenoxy) is 3. The zero-order valence-electron chi connectivity index (χ0n) is 46.3. The van der Waals surface area contributed by atoms with Crippen LogP contribution in [0.15, 0.2) is 36.5 Å². The largest absolute Gasteiger partial charge is 0.462 e. The Bertz CT molecular complexity index is 1160. The summed E-state index contributed by atoms with van der Waals surface area (Å²) in [5.74, 6) is -0.884. The smallest absolute Gasteiger partial charge is 0.306 e. The minimum absolute atomic E-state index is 0.0763. The molecule has 0 aliphatic heterocycles. The first-order chi connectivity index (χ1) is 34.0. The fourth-order valence-corrected chi connectivity index (χ4v) is 9.11. The third-order valence-corrected chi connectivity index (χ3v) is 13.7. The minimum atomic E-state index is -0.780. The van der Waals surface area contributed by atoms with E-state index in [9.17, 15) is 14.4 Å². The maximum absolute atomic E-state index is 12.9. The maximum atomic E-state index is 12.9. The Morgan fingerprint density at radius 2 is 0.565 bits per heavy atom. The molecule has 0 heterocycles. The Hall–Kier alpha value is -2.37. The molecular formula is C63H116O6. The van der Waals surface area contributed by atoms with Crippen LogP contribution in [-0.2, 0) is 28.6 Å². The zero-order chi connectivity index (χ0) is 50.0. The van der Waals surface area contributed by atoms with Gasteiger partial charge in [0, 0.05) is 19.3 Å². The van der Waals surface area contributed by atoms with E-state index in [2.05, 4.69) is 57.2 Å². The summed E-state index contributed by atoms with van der Waals surface area (Å²) in [7, 11) is 0. The van der Waals surface area contributed by atoms with Crippen LogP contribution in [0, 0.1) is 0 Å². The van der Waals surface area contributed by atoms with Gasteiger partial charge in [-0.1, -0.05) is 295 Å². The molecule has 0 spiro atoms. The predicted molar refractivity (Wildman–Crippen MR) is 298 cm³/mol. The minimum Gasteiger partial charge on any atom is -0.462 e. The number of rotatable bonds is 56. The molecule has 1 atom stereocenters. The molecule has 0 rings (SSSR count). The lowest BCUT2D eigenvalue weighted by Gasteiger charge is -2.18. The molecule has 6 nitrogen and oxygen atoms in total. The van der Waals surface area contributed by atoms with Crippen LogP contribution in [-0.4, -0.2) is 37.2 Å². The molecular weight excluding hydrogens is 853 g/mol. The molecule has 0 fully saturated rings. The van der Waals surface area contributed by atoms with Gasteiger partial charge in [-0.15, -0.1) is 0 Å². The molecule has 0 N–H and O–H groups in total. The third-order valence-electron chi connectivity index (χ3n) is 13.7. The SMILES string of the molecule is CC/C=C\C/C=C\C/C=C\CCCCCC(=O)OCC(COC(=O)CCCCCCCCCCCCCCCCCCCCC)OC(=O)CCCCCCCCCCCCCCCCCCCCC. The third kappa shape index (κ3) is 56.4. The summed E-state index contributed by atoms with van der Waals surface area (Å²) in [6.07, 6.45) is 70.1. The van der Waals surface area contributed by atoms with E-state index in [-0.39, 0.29) is 31.1 Å². The molecule has 0 aliphatic rings. The highest BCUT2D eigenvalue weighted by Crippen LogP contribution is 2.18. The summed E-state index contributed by atoms with van der Waals surface area (Å²) in [4.78, 5) is 38.2. The van der Waals surface area contributed by atoms with Crippen LogP contribution in [0.5, 0.6) is 0 Å². The first-order valence-electron chi connectivity index (χ1n) is 30.5. The normalized spacial score (nSPS) is 12.2. The molecule has 0 amide bonds. The molecule has 0 aromatic rings. The Labute approximate surface area is 429 Å². The van der Waals surface area contributed by atoms with Gasteiger partial charge in [-0.3, -0.25) is 14.4 Å². The van der Waals surface area contributed by atoms with Gasteiger partial charge in [0.1, 0.15) is 13.2 Å². The first-order valence-corrected chi connectivity index (χ1v) is 30.5. The van der Waals surface area contributed by atoms with E-state index in [1.165, 1.54) is 205 Å². The van der Waals surface area contributed by atoms with Crippen molar-refractivity contribution < 1.29 is 28.6 Å². The van der Waals surface area contributed by atoms with Crippen molar-refractivity contribution in [2.45, 2.75) is 335 Å². The summed E-state index contributed by atoms with van der Waals surface area (Å²) in [5.41, 5.74) is 0. The lowest BCUT2D eigenvalue weighted by molar-refractivity contribution is -0.167. The average Bonchev–Trinajstić information content (AvgIpc) is 3.35. The summed E-state index contributed by atoms with van der Waals surface area (Å²) >= 11 is 0. The molecule has 0 radical (unpaired) electrons. The van der Waals surface area contributed by atoms with E-state index in [1.807, 2.05) is 0 Å². The van der Waals surface area contributed by atoms with Crippen molar-refractivity contribution in [1.82, 2.24) is 0 Å². The van der Waals surface area contributed by atoms with E-state index in [4.69, 9.17) is 14.2 Å². The summed E-state index contributed by atoms with van der Waals surface area (Å²) in [5, 5.41) is 0. The van der Waals surface area contributed by atoms with Gasteiger partial charge in [0.2, 0.25) is 0 Å². The van der Waals surface area contributed by atoms with Gasteiger partial charge in [-0.05, 0) is 51.4 Å². The van der Waals surface area contributed by atoms with Crippen LogP contribution in [0.1, 0.15) is 329 Å². The van der Waals surface area contributed by atoms with Crippen LogP contribution in [0.3, 0.4) is 0 Å². The van der Waals surface area contributed by atoms with Gasteiger partial charge in [-0.25, -0.2) is 0 Å². The molecule has 0 saturated heterocycles. The molecule has 1 unspecified atom stereocenters. The van der Waals surface area contributed by atoms with E-state index in [0.717, 1.165) is 83.5 Å². The second kappa shape index (κ2) is 58.2. The Morgan fingerprint density at radius 1 is 0.304 bits per heavy atom. The van der Waals surface area contributed by atoms with Crippen molar-refractivity contribution >= 4 is 17.9 Å². The molecule has 0 aliphatic carbocycles. The topological polar surface area (TPSA) is 78.9 Å². The van der Waals surface area contributed by atoms with E-state index >= 15 is 0 Å². The summed E-state index contributed by atoms with van der Waals surface area (Å²) in [6.45, 7) is 6.56. The number of unbranched alkanes of at least 4 members (excludes halogenated alkanes) is 39. The number of carbonyl (C=O) groups excluding carboxylic acids is 3. The molecule has 404 valence electrons. The molecule has 6 heteroatoms. The Morgan fingerprint density at radius 3 is 0.884 bits per heavy atom. The number of hydrogen-bond acceptors (Lipinski definition) is 6. The summed E-state index contributed by atoms with van der Waals surface area (Å²) in [6, 6.07) is 0. The molecule has 0 bridgehead atoms. The van der Waals surface area contributed by atoms with Gasteiger partial charge in [0.25, 0.3) is 0 Å². The van der Waals surface area contributed by atoms with E-state index in [0.29, 0.717) is 19.3 Å². The standard InChI is InChI=1S/C63H116O6/c1-4-7-10-13-16-19-22-25-27-29-31-33-35-38-41-44-47-50-53-56-62(65)68-59-60(58-67-61(64)55-52-49-46-43-40-37-24-21-18-15-12-9-6-3)69-63(66)57-54-51-48-45-42-39-36-34-32-30-28-26-23-20-17-14-11-8-5-2/h9,12,18,21,37,40,60H,4-8,10-11,13-17,19-20,22-36,38-39,41-59H2,1-3H3/b12-9-,21-18-,40-37-.